The van der Waals surface area contributed by atoms with E-state index in [2.05, 4.69) is 16.5 Å². The van der Waals surface area contributed by atoms with Crippen molar-refractivity contribution in [1.82, 2.24) is 10.1 Å². The zero-order chi connectivity index (χ0) is 17.0. The topological polar surface area (TPSA) is 82.2 Å². The molecule has 2 aromatic rings. The van der Waals surface area contributed by atoms with Crippen LogP contribution in [0.1, 0.15) is 42.3 Å². The van der Waals surface area contributed by atoms with Crippen LogP contribution in [0.25, 0.3) is 0 Å². The molecule has 0 aliphatic rings. The summed E-state index contributed by atoms with van der Waals surface area (Å²) in [6.45, 7) is 6.24. The molecule has 0 unspecified atom stereocenters. The van der Waals surface area contributed by atoms with Crippen molar-refractivity contribution < 1.29 is 9.32 Å². The first-order valence-electron chi connectivity index (χ1n) is 7.39. The molecule has 6 heteroatoms. The number of anilines is 1. The molecule has 0 bridgehead atoms. The van der Waals surface area contributed by atoms with Gasteiger partial charge in [-0.05, 0) is 24.6 Å². The van der Waals surface area contributed by atoms with Crippen molar-refractivity contribution in [2.45, 2.75) is 33.2 Å². The summed E-state index contributed by atoms with van der Waals surface area (Å²) in [6.07, 6.45) is 0. The van der Waals surface area contributed by atoms with Gasteiger partial charge in [0.2, 0.25) is 0 Å². The predicted octanol–water partition coefficient (Wildman–Crippen LogP) is 3.64. The zero-order valence-electron chi connectivity index (χ0n) is 13.8. The van der Waals surface area contributed by atoms with Gasteiger partial charge in [-0.15, -0.1) is 0 Å². The molecule has 2 amide bonds. The van der Waals surface area contributed by atoms with E-state index in [1.807, 2.05) is 26.8 Å². The summed E-state index contributed by atoms with van der Waals surface area (Å²) in [4.78, 5) is 13.7. The molecule has 1 aromatic carbocycles. The van der Waals surface area contributed by atoms with Gasteiger partial charge in [0.25, 0.3) is 0 Å². The van der Waals surface area contributed by atoms with E-state index in [0.29, 0.717) is 23.5 Å². The average molecular weight is 312 g/mol. The van der Waals surface area contributed by atoms with Crippen molar-refractivity contribution in [2.75, 3.05) is 12.4 Å². The number of benzene rings is 1. The van der Waals surface area contributed by atoms with Crippen LogP contribution >= 0.6 is 0 Å². The van der Waals surface area contributed by atoms with Crippen LogP contribution in [-0.2, 0) is 6.54 Å². The largest absolute Gasteiger partial charge is 0.361 e. The smallest absolute Gasteiger partial charge is 0.321 e. The van der Waals surface area contributed by atoms with Gasteiger partial charge in [-0.1, -0.05) is 25.1 Å². The molecule has 0 spiro atoms. The number of amides is 2. The Bertz CT molecular complexity index is 743. The number of aromatic nitrogens is 1. The molecule has 0 aliphatic carbocycles. The normalized spacial score (nSPS) is 10.4. The van der Waals surface area contributed by atoms with Crippen molar-refractivity contribution in [3.8, 4) is 6.07 Å². The van der Waals surface area contributed by atoms with Gasteiger partial charge in [-0.3, -0.25) is 0 Å². The van der Waals surface area contributed by atoms with Gasteiger partial charge in [0.05, 0.1) is 18.2 Å². The van der Waals surface area contributed by atoms with Crippen LogP contribution in [0, 0.1) is 18.3 Å². The second kappa shape index (κ2) is 6.97. The van der Waals surface area contributed by atoms with Crippen LogP contribution in [0.5, 0.6) is 0 Å². The van der Waals surface area contributed by atoms with Crippen LogP contribution in [0.15, 0.2) is 28.8 Å². The molecular weight excluding hydrogens is 292 g/mol. The Balaban J connectivity index is 2.01. The molecule has 0 radical (unpaired) electrons. The second-order valence-corrected chi connectivity index (χ2v) is 5.80. The van der Waals surface area contributed by atoms with Crippen LogP contribution in [-0.4, -0.2) is 23.1 Å². The van der Waals surface area contributed by atoms with Crippen LogP contribution in [0.2, 0.25) is 0 Å². The van der Waals surface area contributed by atoms with E-state index < -0.39 is 0 Å². The first kappa shape index (κ1) is 16.6. The summed E-state index contributed by atoms with van der Waals surface area (Å²) >= 11 is 0. The van der Waals surface area contributed by atoms with Gasteiger partial charge < -0.3 is 14.7 Å². The maximum absolute atomic E-state index is 12.2. The minimum Gasteiger partial charge on any atom is -0.361 e. The van der Waals surface area contributed by atoms with E-state index >= 15 is 0 Å². The lowest BCUT2D eigenvalue weighted by Gasteiger charge is -2.16. The van der Waals surface area contributed by atoms with Gasteiger partial charge in [-0.2, -0.15) is 5.26 Å². The predicted molar refractivity (Wildman–Crippen MR) is 87.0 cm³/mol. The monoisotopic (exact) mass is 312 g/mol. The molecule has 0 saturated heterocycles. The Kier molecular flexibility index (Phi) is 5.02. The summed E-state index contributed by atoms with van der Waals surface area (Å²) in [5.74, 6) is 1.05. The summed E-state index contributed by atoms with van der Waals surface area (Å²) in [7, 11) is 1.68. The van der Waals surface area contributed by atoms with Gasteiger partial charge in [-0.25, -0.2) is 4.79 Å². The lowest BCUT2D eigenvalue weighted by Crippen LogP contribution is -2.31. The molecule has 0 atom stereocenters. The summed E-state index contributed by atoms with van der Waals surface area (Å²) in [5, 5.41) is 15.8. The Morgan fingerprint density at radius 1 is 1.43 bits per heavy atom. The minimum atomic E-state index is -0.271. The number of aryl methyl sites for hydroxylation is 1. The quantitative estimate of drug-likeness (QED) is 0.934. The molecule has 1 N–H and O–H groups in total. The number of hydrogen-bond acceptors (Lipinski definition) is 4. The molecular formula is C17H20N4O2. The van der Waals surface area contributed by atoms with E-state index in [1.165, 1.54) is 4.90 Å². The van der Waals surface area contributed by atoms with E-state index in [0.717, 1.165) is 11.3 Å². The standard InChI is InChI=1S/C17H20N4O2/c1-11(2)16-8-15(20-23-16)10-21(4)17(22)19-14-6-5-12(3)13(7-14)9-18/h5-8,11H,10H2,1-4H3,(H,19,22). The highest BCUT2D eigenvalue weighted by Gasteiger charge is 2.14. The number of nitrogens with one attached hydrogen (secondary N) is 1. The molecule has 0 aliphatic heterocycles. The second-order valence-electron chi connectivity index (χ2n) is 5.80. The molecule has 6 nitrogen and oxygen atoms in total. The molecule has 23 heavy (non-hydrogen) atoms. The van der Waals surface area contributed by atoms with Gasteiger partial charge in [0, 0.05) is 24.7 Å². The Hall–Kier alpha value is -2.81. The summed E-state index contributed by atoms with van der Waals surface area (Å²) < 4.78 is 5.22. The van der Waals surface area contributed by atoms with Gasteiger partial charge in [0.1, 0.15) is 11.5 Å². The SMILES string of the molecule is Cc1ccc(NC(=O)N(C)Cc2cc(C(C)C)on2)cc1C#N. The van der Waals surface area contributed by atoms with Crippen molar-refractivity contribution in [2.24, 2.45) is 0 Å². The van der Waals surface area contributed by atoms with Crippen LogP contribution < -0.4 is 5.32 Å². The number of carbonyl (C=O) groups is 1. The number of rotatable bonds is 4. The lowest BCUT2D eigenvalue weighted by molar-refractivity contribution is 0.219. The van der Waals surface area contributed by atoms with E-state index in [-0.39, 0.29) is 11.9 Å². The number of carbonyl (C=O) groups excluding carboxylic acids is 1. The molecule has 0 fully saturated rings. The molecule has 1 aromatic heterocycles. The Labute approximate surface area is 135 Å². The first-order valence-corrected chi connectivity index (χ1v) is 7.39. The molecule has 2 rings (SSSR count). The average Bonchev–Trinajstić information content (AvgIpc) is 2.97. The maximum atomic E-state index is 12.2. The third-order valence-corrected chi connectivity index (χ3v) is 3.50. The van der Waals surface area contributed by atoms with Crippen molar-refractivity contribution in [1.29, 1.82) is 5.26 Å². The summed E-state index contributed by atoms with van der Waals surface area (Å²) in [6, 6.07) is 8.93. The number of hydrogen-bond donors (Lipinski definition) is 1. The third-order valence-electron chi connectivity index (χ3n) is 3.50. The van der Waals surface area contributed by atoms with E-state index in [1.54, 1.807) is 25.2 Å². The lowest BCUT2D eigenvalue weighted by atomic mass is 10.1. The molecule has 0 saturated carbocycles. The number of nitrogens with zero attached hydrogens (tertiary/aromatic N) is 3. The van der Waals surface area contributed by atoms with Crippen LogP contribution in [0.4, 0.5) is 10.5 Å². The Morgan fingerprint density at radius 2 is 2.17 bits per heavy atom. The van der Waals surface area contributed by atoms with E-state index in [9.17, 15) is 4.79 Å². The third kappa shape index (κ3) is 4.10. The highest BCUT2D eigenvalue weighted by atomic mass is 16.5. The Morgan fingerprint density at radius 3 is 2.78 bits per heavy atom. The maximum Gasteiger partial charge on any atom is 0.321 e. The number of urea groups is 1. The highest BCUT2D eigenvalue weighted by Crippen LogP contribution is 2.17. The van der Waals surface area contributed by atoms with Gasteiger partial charge in [0.15, 0.2) is 0 Å². The first-order chi connectivity index (χ1) is 10.9. The zero-order valence-corrected chi connectivity index (χ0v) is 13.8. The molecule has 1 heterocycles. The summed E-state index contributed by atoms with van der Waals surface area (Å²) in [5.41, 5.74) is 2.71. The highest BCUT2D eigenvalue weighted by molar-refractivity contribution is 5.89. The molecule has 120 valence electrons. The van der Waals surface area contributed by atoms with Gasteiger partial charge >= 0.3 is 6.03 Å². The van der Waals surface area contributed by atoms with Crippen molar-refractivity contribution in [3.63, 3.8) is 0 Å². The fourth-order valence-corrected chi connectivity index (χ4v) is 2.03. The number of nitriles is 1. The van der Waals surface area contributed by atoms with Crippen molar-refractivity contribution >= 4 is 11.7 Å². The van der Waals surface area contributed by atoms with Crippen LogP contribution in [0.3, 0.4) is 0 Å². The fraction of sp³-hybridized carbons (Fsp3) is 0.353. The van der Waals surface area contributed by atoms with Crippen molar-refractivity contribution in [3.05, 3.63) is 46.8 Å². The minimum absolute atomic E-state index is 0.257. The van der Waals surface area contributed by atoms with E-state index in [4.69, 9.17) is 9.78 Å². The fourth-order valence-electron chi connectivity index (χ4n) is 2.03.